The third kappa shape index (κ3) is 15.6. The second-order valence-corrected chi connectivity index (χ2v) is 20.5. The number of nitrogens with two attached hydrogens (primary N) is 1. The molecule has 0 saturated carbocycles. The van der Waals surface area contributed by atoms with E-state index < -0.39 is 5.69 Å². The SMILES string of the molecule is C#CCCCCC#Cc1cn([C@H]2C[C@@H](C)[C@@H](CC)O2)c2nc(C)[nH]c(=O)c12.C#CCCCCC#Cc1cn([C@H]2C[C@@H](C)[C@@H](CC)O2)c2ncnc(N)c12.CC[C@H]1O[C@@H](n2cc(CCCCCN=[N+]=[N-])c(=O)[nH]c2=O)C[C@H]1C. The van der Waals surface area contributed by atoms with Crippen LogP contribution in [0, 0.1) is 73.0 Å². The molecule has 0 radical (unpaired) electrons. The van der Waals surface area contributed by atoms with E-state index in [0.29, 0.717) is 64.5 Å². The Labute approximate surface area is 452 Å². The maximum atomic E-state index is 12.6. The summed E-state index contributed by atoms with van der Waals surface area (Å²) in [6, 6.07) is 0. The Balaban J connectivity index is 0.000000188. The van der Waals surface area contributed by atoms with Crippen LogP contribution in [0.15, 0.2) is 44.4 Å². The number of fused-ring (bicyclic) bond motifs is 2. The summed E-state index contributed by atoms with van der Waals surface area (Å²) in [6.07, 6.45) is 33.6. The molecule has 3 saturated heterocycles. The van der Waals surface area contributed by atoms with Crippen LogP contribution in [-0.4, -0.2) is 63.5 Å². The van der Waals surface area contributed by atoms with Crippen molar-refractivity contribution in [1.82, 2.24) is 38.6 Å². The van der Waals surface area contributed by atoms with Crippen molar-refractivity contribution in [2.45, 2.75) is 201 Å². The van der Waals surface area contributed by atoms with Gasteiger partial charge in [0.1, 0.15) is 42.3 Å². The van der Waals surface area contributed by atoms with Crippen LogP contribution in [-0.2, 0) is 20.6 Å². The fourth-order valence-corrected chi connectivity index (χ4v) is 10.5. The van der Waals surface area contributed by atoms with Crippen LogP contribution in [0.25, 0.3) is 32.5 Å². The molecule has 9 atom stereocenters. The molecule has 0 bridgehead atoms. The van der Waals surface area contributed by atoms with Crippen LogP contribution in [0.1, 0.15) is 192 Å². The van der Waals surface area contributed by atoms with Crippen molar-refractivity contribution >= 4 is 27.9 Å². The lowest BCUT2D eigenvalue weighted by Crippen LogP contribution is -2.34. The summed E-state index contributed by atoms with van der Waals surface area (Å²) >= 11 is 0. The van der Waals surface area contributed by atoms with Crippen molar-refractivity contribution in [3.05, 3.63) is 89.1 Å². The minimum atomic E-state index is -0.416. The molecule has 4 N–H and O–H groups in total. The molecule has 5 aromatic heterocycles. The van der Waals surface area contributed by atoms with Crippen LogP contribution in [0.2, 0.25) is 0 Å². The number of H-pyrrole nitrogens is 2. The first-order chi connectivity index (χ1) is 37.3. The topological polar surface area (TPSA) is 239 Å². The molecule has 18 nitrogen and oxygen atoms in total. The van der Waals surface area contributed by atoms with Gasteiger partial charge in [-0.15, -0.1) is 24.7 Å². The van der Waals surface area contributed by atoms with Crippen LogP contribution >= 0.6 is 0 Å². The molecular weight excluding hydrogens is 973 g/mol. The van der Waals surface area contributed by atoms with Crippen molar-refractivity contribution in [3.8, 4) is 48.4 Å². The Kier molecular flexibility index (Phi) is 22.7. The van der Waals surface area contributed by atoms with Gasteiger partial charge in [0.2, 0.25) is 0 Å². The number of nitrogen functional groups attached to an aromatic ring is 1. The number of rotatable bonds is 18. The molecule has 0 spiro atoms. The number of hydrogen-bond donors (Lipinski definition) is 3. The van der Waals surface area contributed by atoms with Gasteiger partial charge in [0.25, 0.3) is 11.1 Å². The third-order valence-corrected chi connectivity index (χ3v) is 14.7. The van der Waals surface area contributed by atoms with Crippen molar-refractivity contribution < 1.29 is 14.2 Å². The number of aromatic amines is 2. The molecule has 18 heteroatoms. The molecule has 3 aliphatic rings. The zero-order chi connectivity index (χ0) is 55.4. The van der Waals surface area contributed by atoms with E-state index in [0.717, 1.165) is 126 Å². The Morgan fingerprint density at radius 1 is 0.688 bits per heavy atom. The van der Waals surface area contributed by atoms with E-state index in [1.165, 1.54) is 10.9 Å². The lowest BCUT2D eigenvalue weighted by Gasteiger charge is -2.16. The highest BCUT2D eigenvalue weighted by Crippen LogP contribution is 2.39. The molecule has 5 aromatic rings. The molecule has 8 rings (SSSR count). The van der Waals surface area contributed by atoms with Gasteiger partial charge in [0, 0.05) is 61.3 Å². The molecule has 3 fully saturated rings. The van der Waals surface area contributed by atoms with E-state index in [4.69, 9.17) is 38.3 Å². The number of aryl methyl sites for hydroxylation is 2. The van der Waals surface area contributed by atoms with E-state index in [9.17, 15) is 14.4 Å². The van der Waals surface area contributed by atoms with Crippen LogP contribution in [0.4, 0.5) is 5.82 Å². The Hall–Kier alpha value is -7.05. The molecular formula is C59H78N12O6. The number of nitrogens with one attached hydrogen (secondary N) is 2. The van der Waals surface area contributed by atoms with Crippen molar-refractivity contribution in [1.29, 1.82) is 0 Å². The van der Waals surface area contributed by atoms with E-state index in [1.807, 2.05) is 17.0 Å². The first-order valence-corrected chi connectivity index (χ1v) is 27.7. The van der Waals surface area contributed by atoms with Crippen LogP contribution in [0.3, 0.4) is 0 Å². The highest BCUT2D eigenvalue weighted by molar-refractivity contribution is 5.92. The fourth-order valence-electron chi connectivity index (χ4n) is 10.5. The van der Waals surface area contributed by atoms with Gasteiger partial charge in [0.05, 0.1) is 40.2 Å². The molecule has 410 valence electrons. The summed E-state index contributed by atoms with van der Waals surface area (Å²) in [7, 11) is 0. The number of aromatic nitrogens is 8. The zero-order valence-electron chi connectivity index (χ0n) is 46.1. The van der Waals surface area contributed by atoms with Gasteiger partial charge in [-0.25, -0.2) is 19.7 Å². The summed E-state index contributed by atoms with van der Waals surface area (Å²) in [5, 5.41) is 4.85. The van der Waals surface area contributed by atoms with Gasteiger partial charge >= 0.3 is 5.69 Å². The Morgan fingerprint density at radius 3 is 1.73 bits per heavy atom. The number of ether oxygens (including phenoxy) is 3. The average molecular weight is 1050 g/mol. The molecule has 0 unspecified atom stereocenters. The molecule has 8 heterocycles. The molecule has 0 amide bonds. The number of hydrogen-bond acceptors (Lipinski definition) is 11. The summed E-state index contributed by atoms with van der Waals surface area (Å²) in [6.45, 7) is 15.2. The largest absolute Gasteiger partial charge is 0.383 e. The van der Waals surface area contributed by atoms with Gasteiger partial charge < -0.3 is 34.1 Å². The third-order valence-electron chi connectivity index (χ3n) is 14.7. The predicted octanol–water partition coefficient (Wildman–Crippen LogP) is 10.7. The fraction of sp³-hybridized carbons (Fsp3) is 0.593. The second-order valence-electron chi connectivity index (χ2n) is 20.5. The van der Waals surface area contributed by atoms with Crippen molar-refractivity contribution in [3.63, 3.8) is 0 Å². The van der Waals surface area contributed by atoms with E-state index >= 15 is 0 Å². The van der Waals surface area contributed by atoms with Gasteiger partial charge in [-0.05, 0) is 114 Å². The number of anilines is 1. The first-order valence-electron chi connectivity index (χ1n) is 27.7. The van der Waals surface area contributed by atoms with Crippen LogP contribution in [0.5, 0.6) is 0 Å². The summed E-state index contributed by atoms with van der Waals surface area (Å²) in [5.41, 5.74) is 17.1. The van der Waals surface area contributed by atoms with Gasteiger partial charge in [-0.2, -0.15) is 0 Å². The number of terminal acetylenes is 2. The standard InChI is InChI=1S/C22H27N3O2.C21H26N4O.C16H25N5O3/c1-5-7-8-9-10-11-12-17-14-25(19-13-15(3)18(6-2)27-19)21-20(17)22(26)24-16(4)23-21;1-4-6-7-8-9-10-11-16-13-25(18-12-15(3)17(5-2)26-18)21-19(16)20(22)23-14-24-21;1-3-13-11(2)9-14(24-13)21-10-12(15(22)19-16(21)23)7-5-4-6-8-18-20-17/h1,14-15,18-19H,6-10,13H2,2-4H3,(H,23,24,26);1,13-15,17-18H,5-9,12H2,2-3H3,(H2,22,23,24);10-11,13-14H,3-9H2,1-2H3,(H,19,22,23)/t15-,18-,19-;15-,17-,18-;11-,13-,14-/m111/s1. The number of azide groups is 1. The van der Waals surface area contributed by atoms with Crippen LogP contribution < -0.4 is 22.5 Å². The van der Waals surface area contributed by atoms with E-state index in [2.05, 4.69) is 117 Å². The lowest BCUT2D eigenvalue weighted by molar-refractivity contribution is -0.00773. The van der Waals surface area contributed by atoms with E-state index in [-0.39, 0.29) is 48.1 Å². The molecule has 0 aromatic carbocycles. The number of nitrogens with zero attached hydrogens (tertiary/aromatic N) is 9. The maximum Gasteiger partial charge on any atom is 0.330 e. The highest BCUT2D eigenvalue weighted by atomic mass is 16.5. The van der Waals surface area contributed by atoms with E-state index in [1.54, 1.807) is 13.1 Å². The molecule has 0 aliphatic carbocycles. The average Bonchev–Trinajstić information content (AvgIpc) is 4.28. The Bertz CT molecular complexity index is 3220. The number of unbranched alkanes of at least 4 members (excludes halogenated alkanes) is 8. The van der Waals surface area contributed by atoms with Gasteiger partial charge in [-0.1, -0.05) is 76.8 Å². The molecule has 3 aliphatic heterocycles. The molecule has 77 heavy (non-hydrogen) atoms. The van der Waals surface area contributed by atoms with Crippen molar-refractivity contribution in [2.75, 3.05) is 12.3 Å². The minimum Gasteiger partial charge on any atom is -0.383 e. The van der Waals surface area contributed by atoms with Gasteiger partial charge in [-0.3, -0.25) is 19.1 Å². The monoisotopic (exact) mass is 1050 g/mol. The van der Waals surface area contributed by atoms with Gasteiger partial charge in [0.15, 0.2) is 5.65 Å². The maximum absolute atomic E-state index is 12.6. The smallest absolute Gasteiger partial charge is 0.330 e. The quantitative estimate of drug-likeness (QED) is 0.0247. The van der Waals surface area contributed by atoms with Crippen molar-refractivity contribution in [2.24, 2.45) is 22.9 Å². The highest BCUT2D eigenvalue weighted by Gasteiger charge is 2.35. The normalized spacial score (nSPS) is 22.3. The Morgan fingerprint density at radius 2 is 1.21 bits per heavy atom. The lowest BCUT2D eigenvalue weighted by atomic mass is 10.0. The summed E-state index contributed by atoms with van der Waals surface area (Å²) in [5.74, 6) is 20.6. The summed E-state index contributed by atoms with van der Waals surface area (Å²) < 4.78 is 24.0. The second kappa shape index (κ2) is 29.5. The predicted molar refractivity (Wildman–Crippen MR) is 302 cm³/mol. The first kappa shape index (κ1) is 59.2. The summed E-state index contributed by atoms with van der Waals surface area (Å²) in [4.78, 5) is 57.7. The zero-order valence-corrected chi connectivity index (χ0v) is 46.1. The minimum absolute atomic E-state index is 0.0297.